The van der Waals surface area contributed by atoms with E-state index in [1.165, 1.54) is 13.8 Å². The van der Waals surface area contributed by atoms with Crippen molar-refractivity contribution in [2.75, 3.05) is 11.9 Å². The lowest BCUT2D eigenvalue weighted by Crippen LogP contribution is -2.42. The first-order valence-corrected chi connectivity index (χ1v) is 12.6. The highest BCUT2D eigenvalue weighted by Gasteiger charge is 2.36. The summed E-state index contributed by atoms with van der Waals surface area (Å²) in [6.45, 7) is 11.1. The van der Waals surface area contributed by atoms with E-state index in [-0.39, 0.29) is 18.0 Å². The molecule has 1 aromatic carbocycles. The Labute approximate surface area is 212 Å². The summed E-state index contributed by atoms with van der Waals surface area (Å²) >= 11 is 0. The number of fused-ring (bicyclic) bond motifs is 1. The van der Waals surface area contributed by atoms with Crippen molar-refractivity contribution in [1.29, 1.82) is 0 Å². The summed E-state index contributed by atoms with van der Waals surface area (Å²) in [4.78, 5) is 27.8. The number of rotatable bonds is 7. The van der Waals surface area contributed by atoms with Gasteiger partial charge in [0.2, 0.25) is 17.7 Å². The van der Waals surface area contributed by atoms with Crippen LogP contribution in [0.3, 0.4) is 0 Å². The van der Waals surface area contributed by atoms with Crippen LogP contribution in [0.5, 0.6) is 23.3 Å². The highest BCUT2D eigenvalue weighted by atomic mass is 16.6. The Morgan fingerprint density at radius 2 is 1.83 bits per heavy atom. The average molecular weight is 497 g/mol. The van der Waals surface area contributed by atoms with E-state index < -0.39 is 5.60 Å². The molecule has 0 radical (unpaired) electrons. The van der Waals surface area contributed by atoms with Gasteiger partial charge in [-0.15, -0.1) is 0 Å². The summed E-state index contributed by atoms with van der Waals surface area (Å²) in [7, 11) is 0. The number of hydrogen-bond donors (Lipinski definition) is 1. The van der Waals surface area contributed by atoms with Crippen molar-refractivity contribution in [1.82, 2.24) is 4.98 Å². The summed E-state index contributed by atoms with van der Waals surface area (Å²) < 4.78 is 24.3. The summed E-state index contributed by atoms with van der Waals surface area (Å²) in [5.74, 6) is 1.75. The number of ether oxygens (including phenoxy) is 4. The van der Waals surface area contributed by atoms with Crippen molar-refractivity contribution in [2.24, 2.45) is 0 Å². The van der Waals surface area contributed by atoms with E-state index in [2.05, 4.69) is 10.3 Å². The van der Waals surface area contributed by atoms with E-state index in [0.29, 0.717) is 29.8 Å². The maximum atomic E-state index is 11.6. The summed E-state index contributed by atoms with van der Waals surface area (Å²) in [5, 5.41) is 2.79. The minimum atomic E-state index is -0.565. The van der Waals surface area contributed by atoms with E-state index in [0.717, 1.165) is 66.5 Å². The van der Waals surface area contributed by atoms with Gasteiger partial charge >= 0.3 is 5.97 Å². The molecule has 1 aliphatic heterocycles. The number of pyridine rings is 1. The third kappa shape index (κ3) is 5.58. The van der Waals surface area contributed by atoms with Gasteiger partial charge in [0.25, 0.3) is 0 Å². The summed E-state index contributed by atoms with van der Waals surface area (Å²) in [6, 6.07) is 3.50. The molecule has 2 aliphatic rings. The molecule has 2 aromatic rings. The second kappa shape index (κ2) is 10.4. The Kier molecular flexibility index (Phi) is 7.43. The van der Waals surface area contributed by atoms with Crippen LogP contribution in [0.4, 0.5) is 5.69 Å². The quantitative estimate of drug-likeness (QED) is 0.406. The predicted octanol–water partition coefficient (Wildman–Crippen LogP) is 5.37. The van der Waals surface area contributed by atoms with E-state index in [9.17, 15) is 9.59 Å². The third-order valence-electron chi connectivity index (χ3n) is 7.06. The van der Waals surface area contributed by atoms with E-state index in [1.807, 2.05) is 27.7 Å². The van der Waals surface area contributed by atoms with Gasteiger partial charge in [-0.25, -0.2) is 0 Å². The van der Waals surface area contributed by atoms with Gasteiger partial charge in [-0.2, -0.15) is 4.98 Å². The minimum absolute atomic E-state index is 0.0993. The number of anilines is 1. The molecule has 1 aromatic heterocycles. The van der Waals surface area contributed by atoms with Crippen LogP contribution in [0.2, 0.25) is 0 Å². The number of esters is 1. The number of aromatic nitrogens is 1. The Hall–Kier alpha value is -3.29. The molecule has 36 heavy (non-hydrogen) atoms. The Balaban J connectivity index is 1.52. The van der Waals surface area contributed by atoms with Gasteiger partial charge in [-0.05, 0) is 89.0 Å². The molecule has 4 rings (SSSR count). The maximum Gasteiger partial charge on any atom is 0.308 e. The summed E-state index contributed by atoms with van der Waals surface area (Å²) in [5.41, 5.74) is 3.84. The fraction of sp³-hybridized carbons (Fsp3) is 0.536. The minimum Gasteiger partial charge on any atom is -0.483 e. The van der Waals surface area contributed by atoms with E-state index in [1.54, 1.807) is 12.1 Å². The van der Waals surface area contributed by atoms with Gasteiger partial charge in [0.15, 0.2) is 0 Å². The number of benzene rings is 1. The fourth-order valence-corrected chi connectivity index (χ4v) is 4.95. The van der Waals surface area contributed by atoms with E-state index in [4.69, 9.17) is 18.9 Å². The van der Waals surface area contributed by atoms with Crippen molar-refractivity contribution in [3.8, 4) is 23.3 Å². The van der Waals surface area contributed by atoms with Gasteiger partial charge in [-0.3, -0.25) is 9.59 Å². The largest absolute Gasteiger partial charge is 0.483 e. The van der Waals surface area contributed by atoms with Crippen LogP contribution >= 0.6 is 0 Å². The Morgan fingerprint density at radius 1 is 1.11 bits per heavy atom. The normalized spacial score (nSPS) is 19.3. The zero-order valence-corrected chi connectivity index (χ0v) is 22.1. The van der Waals surface area contributed by atoms with Gasteiger partial charge < -0.3 is 24.3 Å². The molecule has 8 nitrogen and oxygen atoms in total. The number of carbonyl (C=O) groups excluding carboxylic acids is 2. The van der Waals surface area contributed by atoms with Crippen molar-refractivity contribution in [3.05, 3.63) is 34.4 Å². The van der Waals surface area contributed by atoms with Gasteiger partial charge in [0.1, 0.15) is 35.5 Å². The molecule has 2 heterocycles. The van der Waals surface area contributed by atoms with Gasteiger partial charge in [0.05, 0.1) is 0 Å². The van der Waals surface area contributed by atoms with Crippen LogP contribution in [0, 0.1) is 20.8 Å². The standard InChI is InChI=1S/C28H36N2O6/c1-16-17(2)26-22(18(3)25(16)34-20(5)32)13-14-28(6,36-26)15-33-24-12-11-23(29-19(4)31)27(30-24)35-21-9-7-8-10-21/h11-12,21H,7-10,13-15H2,1-6H3,(H,29,31). The van der Waals surface area contributed by atoms with Crippen LogP contribution < -0.4 is 24.3 Å². The number of amides is 1. The molecule has 1 amide bonds. The first-order valence-electron chi connectivity index (χ1n) is 12.6. The van der Waals surface area contributed by atoms with Gasteiger partial charge in [0, 0.05) is 25.5 Å². The highest BCUT2D eigenvalue weighted by Crippen LogP contribution is 2.44. The zero-order chi connectivity index (χ0) is 26.0. The predicted molar refractivity (Wildman–Crippen MR) is 136 cm³/mol. The first-order chi connectivity index (χ1) is 17.1. The van der Waals surface area contributed by atoms with Crippen LogP contribution in [0.25, 0.3) is 0 Å². The lowest BCUT2D eigenvalue weighted by molar-refractivity contribution is -0.132. The lowest BCUT2D eigenvalue weighted by Gasteiger charge is -2.37. The molecular formula is C28H36N2O6. The second-order valence-corrected chi connectivity index (χ2v) is 10.2. The number of carbonyl (C=O) groups is 2. The Bertz CT molecular complexity index is 1170. The molecule has 1 fully saturated rings. The number of nitrogens with one attached hydrogen (secondary N) is 1. The average Bonchev–Trinajstić information content (AvgIpc) is 3.33. The van der Waals surface area contributed by atoms with Crippen LogP contribution in [-0.4, -0.2) is 35.2 Å². The molecule has 8 heteroatoms. The number of hydrogen-bond acceptors (Lipinski definition) is 7. The molecule has 0 saturated heterocycles. The molecule has 1 atom stereocenters. The van der Waals surface area contributed by atoms with Crippen LogP contribution in [-0.2, 0) is 16.0 Å². The zero-order valence-electron chi connectivity index (χ0n) is 22.1. The molecular weight excluding hydrogens is 460 g/mol. The fourth-order valence-electron chi connectivity index (χ4n) is 4.95. The first kappa shape index (κ1) is 25.8. The maximum absolute atomic E-state index is 11.6. The Morgan fingerprint density at radius 3 is 2.50 bits per heavy atom. The van der Waals surface area contributed by atoms with E-state index >= 15 is 0 Å². The summed E-state index contributed by atoms with van der Waals surface area (Å²) in [6.07, 6.45) is 5.84. The number of nitrogens with zero attached hydrogens (tertiary/aromatic N) is 1. The molecule has 1 saturated carbocycles. The molecule has 194 valence electrons. The molecule has 0 bridgehead atoms. The molecule has 1 N–H and O–H groups in total. The molecule has 1 unspecified atom stereocenters. The van der Waals surface area contributed by atoms with Crippen molar-refractivity contribution in [2.45, 2.75) is 91.8 Å². The smallest absolute Gasteiger partial charge is 0.308 e. The van der Waals surface area contributed by atoms with Crippen molar-refractivity contribution >= 4 is 17.6 Å². The monoisotopic (exact) mass is 496 g/mol. The van der Waals surface area contributed by atoms with Crippen molar-refractivity contribution in [3.63, 3.8) is 0 Å². The van der Waals surface area contributed by atoms with Crippen LogP contribution in [0.15, 0.2) is 12.1 Å². The lowest BCUT2D eigenvalue weighted by atomic mass is 9.87. The molecule has 1 aliphatic carbocycles. The van der Waals surface area contributed by atoms with Crippen molar-refractivity contribution < 1.29 is 28.5 Å². The topological polar surface area (TPSA) is 96.0 Å². The van der Waals surface area contributed by atoms with Gasteiger partial charge in [-0.1, -0.05) is 0 Å². The van der Waals surface area contributed by atoms with Crippen LogP contribution in [0.1, 0.15) is 75.1 Å². The highest BCUT2D eigenvalue weighted by molar-refractivity contribution is 5.90. The second-order valence-electron chi connectivity index (χ2n) is 10.2. The SMILES string of the molecule is CC(=O)Nc1ccc(OCC2(C)CCc3c(C)c(OC(C)=O)c(C)c(C)c3O2)nc1OC1CCCC1. The third-order valence-corrected chi connectivity index (χ3v) is 7.06. The molecule has 0 spiro atoms.